The third-order valence-electron chi connectivity index (χ3n) is 7.71. The molecule has 1 fully saturated rings. The summed E-state index contributed by atoms with van der Waals surface area (Å²) in [6, 6.07) is 11.2. The lowest BCUT2D eigenvalue weighted by molar-refractivity contribution is -0.122. The molecule has 11 heteroatoms. The van der Waals surface area contributed by atoms with E-state index in [0.29, 0.717) is 31.7 Å². The summed E-state index contributed by atoms with van der Waals surface area (Å²) in [6.07, 6.45) is 0.541. The lowest BCUT2D eigenvalue weighted by Gasteiger charge is -2.38. The summed E-state index contributed by atoms with van der Waals surface area (Å²) in [5.41, 5.74) is 1.54. The number of likely N-dealkylation sites (N-methyl/N-ethyl adjacent to an activating group) is 1. The molecule has 4 rings (SSSR count). The number of para-hydroxylation sites is 1. The van der Waals surface area contributed by atoms with Crippen LogP contribution in [0.25, 0.3) is 0 Å². The predicted octanol–water partition coefficient (Wildman–Crippen LogP) is 2.90. The fourth-order valence-corrected chi connectivity index (χ4v) is 6.18. The number of ether oxygens (including phenoxy) is 2. The third-order valence-corrected chi connectivity index (χ3v) is 9.54. The van der Waals surface area contributed by atoms with Gasteiger partial charge in [0.25, 0.3) is 5.91 Å². The number of aryl methyl sites for hydroxylation is 1. The predicted molar refractivity (Wildman–Crippen MR) is 151 cm³/mol. The second-order valence-corrected chi connectivity index (χ2v) is 12.8. The smallest absolute Gasteiger partial charge is 0.258 e. The first-order valence-corrected chi connectivity index (χ1v) is 15.1. The summed E-state index contributed by atoms with van der Waals surface area (Å²) < 4.78 is 39.9. The van der Waals surface area contributed by atoms with Gasteiger partial charge < -0.3 is 24.8 Å². The molecule has 0 saturated carbocycles. The lowest BCUT2D eigenvalue weighted by atomic mass is 9.98. The second kappa shape index (κ2) is 12.7. The number of carbonyl (C=O) groups excluding carboxylic acids is 2. The number of hydrogen-bond donors (Lipinski definition) is 2. The van der Waals surface area contributed by atoms with Gasteiger partial charge in [-0.1, -0.05) is 30.7 Å². The molecule has 0 unspecified atom stereocenters. The van der Waals surface area contributed by atoms with Crippen molar-refractivity contribution < 1.29 is 32.6 Å². The van der Waals surface area contributed by atoms with E-state index in [4.69, 9.17) is 9.47 Å². The van der Waals surface area contributed by atoms with Crippen molar-refractivity contribution in [2.45, 2.75) is 50.7 Å². The van der Waals surface area contributed by atoms with Crippen molar-refractivity contribution in [2.75, 3.05) is 45.3 Å². The lowest BCUT2D eigenvalue weighted by Crippen LogP contribution is -2.50. The number of aliphatic hydroxyl groups excluding tert-OH is 1. The van der Waals surface area contributed by atoms with Crippen LogP contribution >= 0.6 is 0 Å². The van der Waals surface area contributed by atoms with Crippen LogP contribution in [-0.2, 0) is 19.6 Å². The van der Waals surface area contributed by atoms with Gasteiger partial charge in [0, 0.05) is 38.6 Å². The number of benzene rings is 2. The van der Waals surface area contributed by atoms with Crippen LogP contribution in [0, 0.1) is 18.8 Å². The van der Waals surface area contributed by atoms with Crippen LogP contribution in [0.2, 0.25) is 0 Å². The summed E-state index contributed by atoms with van der Waals surface area (Å²) in [6.45, 7) is 6.57. The fraction of sp³-hybridized carbons (Fsp3) is 0.517. The van der Waals surface area contributed by atoms with E-state index in [1.165, 1.54) is 11.4 Å². The van der Waals surface area contributed by atoms with E-state index in [0.717, 1.165) is 5.56 Å². The maximum Gasteiger partial charge on any atom is 0.258 e. The minimum atomic E-state index is -3.81. The Hall–Kier alpha value is -2.99. The molecule has 0 aromatic heterocycles. The average Bonchev–Trinajstić information content (AvgIpc) is 2.95. The van der Waals surface area contributed by atoms with Gasteiger partial charge in [-0.3, -0.25) is 9.59 Å². The van der Waals surface area contributed by atoms with Crippen LogP contribution in [0.3, 0.4) is 0 Å². The number of sulfonamides is 1. The largest absolute Gasteiger partial charge is 0.486 e. The van der Waals surface area contributed by atoms with E-state index in [2.05, 4.69) is 5.32 Å². The Bertz CT molecular complexity index is 1310. The number of aliphatic hydroxyl groups is 1. The molecule has 2 heterocycles. The first-order chi connectivity index (χ1) is 19.0. The zero-order valence-corrected chi connectivity index (χ0v) is 24.3. The van der Waals surface area contributed by atoms with Crippen LogP contribution in [0.15, 0.2) is 47.4 Å². The first kappa shape index (κ1) is 30.0. The summed E-state index contributed by atoms with van der Waals surface area (Å²) in [7, 11) is -2.31. The molecule has 2 aromatic carbocycles. The molecule has 0 spiro atoms. The van der Waals surface area contributed by atoms with E-state index < -0.39 is 22.2 Å². The molecule has 3 atom stereocenters. The molecule has 218 valence electrons. The molecule has 2 aliphatic rings. The van der Waals surface area contributed by atoms with Crippen LogP contribution in [0.4, 0.5) is 5.69 Å². The van der Waals surface area contributed by atoms with Gasteiger partial charge in [-0.05, 0) is 51.0 Å². The van der Waals surface area contributed by atoms with E-state index in [-0.39, 0.29) is 59.6 Å². The van der Waals surface area contributed by atoms with Gasteiger partial charge in [0.05, 0.1) is 35.3 Å². The third kappa shape index (κ3) is 6.49. The monoisotopic (exact) mass is 573 g/mol. The molecule has 2 N–H and O–H groups in total. The number of rotatable bonds is 8. The molecule has 0 bridgehead atoms. The minimum Gasteiger partial charge on any atom is -0.486 e. The van der Waals surface area contributed by atoms with Crippen LogP contribution in [0.5, 0.6) is 5.75 Å². The van der Waals surface area contributed by atoms with Gasteiger partial charge in [0.15, 0.2) is 5.75 Å². The SMILES string of the molecule is Cc1ccc(S(=O)(=O)N(C)C[C@H]2Oc3c(NC(=O)C4CCOCC4)cccc3C(=O)N([C@H](C)CO)C[C@H]2C)cc1. The number of nitrogens with one attached hydrogen (secondary N) is 1. The topological polar surface area (TPSA) is 125 Å². The fourth-order valence-electron chi connectivity index (χ4n) is 5.00. The number of hydrogen-bond acceptors (Lipinski definition) is 7. The van der Waals surface area contributed by atoms with Gasteiger partial charge in [-0.25, -0.2) is 8.42 Å². The van der Waals surface area contributed by atoms with E-state index >= 15 is 0 Å². The molecule has 0 aliphatic carbocycles. The van der Waals surface area contributed by atoms with Gasteiger partial charge in [0.2, 0.25) is 15.9 Å². The average molecular weight is 574 g/mol. The highest BCUT2D eigenvalue weighted by molar-refractivity contribution is 7.89. The summed E-state index contributed by atoms with van der Waals surface area (Å²) in [4.78, 5) is 28.5. The van der Waals surface area contributed by atoms with Crippen LogP contribution in [0.1, 0.15) is 42.6 Å². The van der Waals surface area contributed by atoms with Crippen LogP contribution < -0.4 is 10.1 Å². The molecule has 2 aromatic rings. The highest BCUT2D eigenvalue weighted by Crippen LogP contribution is 2.36. The molecule has 40 heavy (non-hydrogen) atoms. The quantitative estimate of drug-likeness (QED) is 0.498. The first-order valence-electron chi connectivity index (χ1n) is 13.7. The van der Waals surface area contributed by atoms with Crippen LogP contribution in [-0.4, -0.2) is 86.6 Å². The van der Waals surface area contributed by atoms with Gasteiger partial charge >= 0.3 is 0 Å². The standard InChI is InChI=1S/C29H39N3O7S/c1-19-8-10-23(11-9-19)40(36,37)31(4)17-26-20(2)16-32(21(3)18-33)29(35)24-6-5-7-25(27(24)39-26)30-28(34)22-12-14-38-15-13-22/h5-11,20-22,26,33H,12-18H2,1-4H3,(H,30,34)/t20-,21-,26-/m1/s1. The highest BCUT2D eigenvalue weighted by atomic mass is 32.2. The number of fused-ring (bicyclic) bond motifs is 1. The maximum absolute atomic E-state index is 13.7. The van der Waals surface area contributed by atoms with Crippen molar-refractivity contribution in [1.82, 2.24) is 9.21 Å². The van der Waals surface area contributed by atoms with E-state index in [1.54, 1.807) is 54.3 Å². The maximum atomic E-state index is 13.7. The zero-order chi connectivity index (χ0) is 29.0. The van der Waals surface area contributed by atoms with Crippen molar-refractivity contribution in [3.63, 3.8) is 0 Å². The van der Waals surface area contributed by atoms with Crippen molar-refractivity contribution in [3.8, 4) is 5.75 Å². The normalized spacial score (nSPS) is 21.2. The van der Waals surface area contributed by atoms with Gasteiger partial charge in [-0.2, -0.15) is 4.31 Å². The highest BCUT2D eigenvalue weighted by Gasteiger charge is 2.36. The summed E-state index contributed by atoms with van der Waals surface area (Å²) in [5.74, 6) is -0.842. The Morgan fingerprint density at radius 3 is 2.50 bits per heavy atom. The van der Waals surface area contributed by atoms with E-state index in [9.17, 15) is 23.1 Å². The number of anilines is 1. The number of carbonyl (C=O) groups is 2. The number of nitrogens with zero attached hydrogens (tertiary/aromatic N) is 2. The molecular weight excluding hydrogens is 534 g/mol. The second-order valence-electron chi connectivity index (χ2n) is 10.8. The molecular formula is C29H39N3O7S. The Labute approximate surface area is 236 Å². The minimum absolute atomic E-state index is 0.00853. The molecule has 0 radical (unpaired) electrons. The summed E-state index contributed by atoms with van der Waals surface area (Å²) in [5, 5.41) is 12.8. The zero-order valence-electron chi connectivity index (χ0n) is 23.5. The number of amides is 2. The van der Waals surface area contributed by atoms with Crippen molar-refractivity contribution >= 4 is 27.5 Å². The van der Waals surface area contributed by atoms with Gasteiger partial charge in [0.1, 0.15) is 6.10 Å². The van der Waals surface area contributed by atoms with Crippen molar-refractivity contribution in [1.29, 1.82) is 0 Å². The summed E-state index contributed by atoms with van der Waals surface area (Å²) >= 11 is 0. The van der Waals surface area contributed by atoms with Crippen molar-refractivity contribution in [2.24, 2.45) is 11.8 Å². The Morgan fingerprint density at radius 2 is 1.85 bits per heavy atom. The Balaban J connectivity index is 1.69. The van der Waals surface area contributed by atoms with Crippen molar-refractivity contribution in [3.05, 3.63) is 53.6 Å². The van der Waals surface area contributed by atoms with E-state index in [1.807, 2.05) is 13.8 Å². The molecule has 2 amide bonds. The Morgan fingerprint density at radius 1 is 1.18 bits per heavy atom. The van der Waals surface area contributed by atoms with Gasteiger partial charge in [-0.15, -0.1) is 0 Å². The molecule has 1 saturated heterocycles. The molecule has 10 nitrogen and oxygen atoms in total. The molecule has 2 aliphatic heterocycles. The Kier molecular flexibility index (Phi) is 9.50.